The summed E-state index contributed by atoms with van der Waals surface area (Å²) in [4.78, 5) is 17.5. The number of nitrogens with zero attached hydrogens (tertiary/aromatic N) is 2. The number of ether oxygens (including phenoxy) is 4. The van der Waals surface area contributed by atoms with Crippen LogP contribution in [0.5, 0.6) is 17.2 Å². The lowest BCUT2D eigenvalue weighted by Gasteiger charge is -2.12. The molecule has 0 unspecified atom stereocenters. The fourth-order valence-corrected chi connectivity index (χ4v) is 4.48. The maximum absolute atomic E-state index is 12.6. The summed E-state index contributed by atoms with van der Waals surface area (Å²) in [6.45, 7) is 3.67. The largest absolute Gasteiger partial charge is 0.493 e. The van der Waals surface area contributed by atoms with Gasteiger partial charge in [0.1, 0.15) is 0 Å². The van der Waals surface area contributed by atoms with Gasteiger partial charge in [-0.05, 0) is 48.9 Å². The minimum absolute atomic E-state index is 0.387. The number of methoxy groups -OCH3 is 3. The van der Waals surface area contributed by atoms with Crippen molar-refractivity contribution in [3.63, 3.8) is 0 Å². The minimum Gasteiger partial charge on any atom is -0.493 e. The highest BCUT2D eigenvalue weighted by atomic mass is 35.5. The molecule has 3 rings (SSSR count). The molecular formula is C23H25ClN2O5S. The zero-order valence-electron chi connectivity index (χ0n) is 18.4. The lowest BCUT2D eigenvalue weighted by molar-refractivity contribution is -0.113. The summed E-state index contributed by atoms with van der Waals surface area (Å²) in [5.74, 6) is 1.11. The monoisotopic (exact) mass is 476 g/mol. The highest BCUT2D eigenvalue weighted by Gasteiger charge is 2.12. The molecule has 0 aliphatic carbocycles. The van der Waals surface area contributed by atoms with Crippen LogP contribution in [0.1, 0.15) is 12.5 Å². The number of carbonyl (C=O) groups excluding carboxylic acids is 1. The highest BCUT2D eigenvalue weighted by molar-refractivity contribution is 7.16. The van der Waals surface area contributed by atoms with E-state index in [9.17, 15) is 4.79 Å². The third-order valence-electron chi connectivity index (χ3n) is 4.62. The van der Waals surface area contributed by atoms with E-state index < -0.39 is 0 Å². The van der Waals surface area contributed by atoms with E-state index in [0.717, 1.165) is 15.8 Å². The Hall–Kier alpha value is -2.81. The Labute approximate surface area is 195 Å². The predicted octanol–water partition coefficient (Wildman–Crippen LogP) is 4.56. The van der Waals surface area contributed by atoms with Crippen molar-refractivity contribution in [2.75, 3.05) is 34.5 Å². The summed E-state index contributed by atoms with van der Waals surface area (Å²) < 4.78 is 24.5. The van der Waals surface area contributed by atoms with Gasteiger partial charge in [-0.1, -0.05) is 22.9 Å². The van der Waals surface area contributed by atoms with Crippen LogP contribution in [0.15, 0.2) is 41.4 Å². The van der Waals surface area contributed by atoms with Gasteiger partial charge in [-0.2, -0.15) is 4.99 Å². The van der Waals surface area contributed by atoms with Gasteiger partial charge in [0.05, 0.1) is 38.2 Å². The van der Waals surface area contributed by atoms with Gasteiger partial charge >= 0.3 is 0 Å². The van der Waals surface area contributed by atoms with E-state index >= 15 is 0 Å². The van der Waals surface area contributed by atoms with Crippen LogP contribution < -0.4 is 19.0 Å². The van der Waals surface area contributed by atoms with Crippen LogP contribution >= 0.6 is 22.9 Å². The molecule has 170 valence electrons. The van der Waals surface area contributed by atoms with Crippen molar-refractivity contribution < 1.29 is 23.7 Å². The third-order valence-corrected chi connectivity index (χ3v) is 5.90. The Morgan fingerprint density at radius 3 is 2.47 bits per heavy atom. The number of benzene rings is 2. The standard InChI is InChI=1S/C23H25ClN2O5S/c1-5-31-11-10-26-17-8-7-16(24)14-20(17)32-23(26)25-21(27)9-6-15-12-18(28-2)22(30-4)19(13-15)29-3/h6-9,12-14H,5,10-11H2,1-4H3/b9-6-,25-23?. The van der Waals surface area contributed by atoms with Crippen LogP contribution in [0.4, 0.5) is 0 Å². The van der Waals surface area contributed by atoms with E-state index in [1.54, 1.807) is 32.4 Å². The summed E-state index contributed by atoms with van der Waals surface area (Å²) in [6, 6.07) is 9.14. The molecule has 0 radical (unpaired) electrons. The Balaban J connectivity index is 1.94. The minimum atomic E-state index is -0.387. The first-order chi connectivity index (χ1) is 15.5. The lowest BCUT2D eigenvalue weighted by Crippen LogP contribution is -2.19. The number of hydrogen-bond donors (Lipinski definition) is 0. The number of aromatic nitrogens is 1. The van der Waals surface area contributed by atoms with Crippen molar-refractivity contribution in [3.05, 3.63) is 51.8 Å². The maximum atomic E-state index is 12.6. The normalized spacial score (nSPS) is 12.0. The summed E-state index contributed by atoms with van der Waals surface area (Å²) in [5, 5.41) is 0.635. The SMILES string of the molecule is CCOCCn1c(=NC(=O)/C=C\c2cc(OC)c(OC)c(OC)c2)sc2cc(Cl)ccc21. The molecule has 0 aliphatic rings. The smallest absolute Gasteiger partial charge is 0.272 e. The molecule has 1 amide bonds. The average molecular weight is 477 g/mol. The van der Waals surface area contributed by atoms with Gasteiger partial charge in [0, 0.05) is 24.3 Å². The van der Waals surface area contributed by atoms with Gasteiger partial charge in [0.15, 0.2) is 16.3 Å². The number of halogens is 1. The molecule has 0 saturated heterocycles. The van der Waals surface area contributed by atoms with Crippen molar-refractivity contribution in [3.8, 4) is 17.2 Å². The van der Waals surface area contributed by atoms with E-state index in [2.05, 4.69) is 4.99 Å². The van der Waals surface area contributed by atoms with Crippen LogP contribution in [0.3, 0.4) is 0 Å². The molecule has 0 spiro atoms. The second-order valence-corrected chi connectivity index (χ2v) is 8.03. The lowest BCUT2D eigenvalue weighted by atomic mass is 10.1. The van der Waals surface area contributed by atoms with E-state index in [-0.39, 0.29) is 5.91 Å². The molecule has 7 nitrogen and oxygen atoms in total. The number of rotatable bonds is 9. The van der Waals surface area contributed by atoms with Crippen LogP contribution in [0.25, 0.3) is 16.3 Å². The second-order valence-electron chi connectivity index (χ2n) is 6.59. The molecule has 2 aromatic carbocycles. The summed E-state index contributed by atoms with van der Waals surface area (Å²) in [6.07, 6.45) is 3.07. The van der Waals surface area contributed by atoms with Gasteiger partial charge in [0.2, 0.25) is 5.75 Å². The molecule has 0 saturated carbocycles. The van der Waals surface area contributed by atoms with Gasteiger partial charge in [0.25, 0.3) is 5.91 Å². The molecule has 1 aromatic heterocycles. The third kappa shape index (κ3) is 5.51. The number of amides is 1. The molecule has 9 heteroatoms. The van der Waals surface area contributed by atoms with Gasteiger partial charge in [-0.3, -0.25) is 4.79 Å². The van der Waals surface area contributed by atoms with E-state index in [0.29, 0.717) is 46.8 Å². The molecule has 0 fully saturated rings. The van der Waals surface area contributed by atoms with E-state index in [1.165, 1.54) is 24.5 Å². The first kappa shape index (κ1) is 23.8. The van der Waals surface area contributed by atoms with E-state index in [1.807, 2.05) is 29.7 Å². The maximum Gasteiger partial charge on any atom is 0.272 e. The number of fused-ring (bicyclic) bond motifs is 1. The molecule has 1 heterocycles. The van der Waals surface area contributed by atoms with Crippen molar-refractivity contribution in [2.24, 2.45) is 4.99 Å². The average Bonchev–Trinajstić information content (AvgIpc) is 3.12. The van der Waals surface area contributed by atoms with Crippen molar-refractivity contribution >= 4 is 45.1 Å². The van der Waals surface area contributed by atoms with Gasteiger partial charge in [-0.25, -0.2) is 0 Å². The van der Waals surface area contributed by atoms with Crippen LogP contribution in [-0.2, 0) is 16.1 Å². The fourth-order valence-electron chi connectivity index (χ4n) is 3.15. The first-order valence-electron chi connectivity index (χ1n) is 9.94. The van der Waals surface area contributed by atoms with Crippen LogP contribution in [0.2, 0.25) is 5.02 Å². The summed E-state index contributed by atoms with van der Waals surface area (Å²) >= 11 is 7.54. The highest BCUT2D eigenvalue weighted by Crippen LogP contribution is 2.38. The zero-order chi connectivity index (χ0) is 23.1. The molecular weight excluding hydrogens is 452 g/mol. The number of hydrogen-bond acceptors (Lipinski definition) is 6. The molecule has 0 aliphatic heterocycles. The Bertz CT molecular complexity index is 1170. The van der Waals surface area contributed by atoms with E-state index in [4.69, 9.17) is 30.5 Å². The number of carbonyl (C=O) groups is 1. The Morgan fingerprint density at radius 1 is 1.12 bits per heavy atom. The van der Waals surface area contributed by atoms with Crippen LogP contribution in [0, 0.1) is 0 Å². The summed E-state index contributed by atoms with van der Waals surface area (Å²) in [5.41, 5.74) is 1.68. The quantitative estimate of drug-likeness (QED) is 0.334. The predicted molar refractivity (Wildman–Crippen MR) is 127 cm³/mol. The zero-order valence-corrected chi connectivity index (χ0v) is 20.0. The molecule has 32 heavy (non-hydrogen) atoms. The topological polar surface area (TPSA) is 71.3 Å². The van der Waals surface area contributed by atoms with Crippen molar-refractivity contribution in [2.45, 2.75) is 13.5 Å². The Morgan fingerprint density at radius 2 is 1.84 bits per heavy atom. The Kier molecular flexibility index (Phi) is 8.33. The molecule has 0 bridgehead atoms. The van der Waals surface area contributed by atoms with Crippen molar-refractivity contribution in [1.29, 1.82) is 0 Å². The van der Waals surface area contributed by atoms with Crippen LogP contribution in [-0.4, -0.2) is 45.0 Å². The van der Waals surface area contributed by atoms with Gasteiger partial charge in [-0.15, -0.1) is 0 Å². The molecule has 3 aromatic rings. The fraction of sp³-hybridized carbons (Fsp3) is 0.304. The van der Waals surface area contributed by atoms with Gasteiger partial charge < -0.3 is 23.5 Å². The number of thiazole rings is 1. The molecule has 0 N–H and O–H groups in total. The molecule has 0 atom stereocenters. The van der Waals surface area contributed by atoms with Crippen molar-refractivity contribution in [1.82, 2.24) is 4.57 Å². The first-order valence-corrected chi connectivity index (χ1v) is 11.1. The summed E-state index contributed by atoms with van der Waals surface area (Å²) in [7, 11) is 4.62. The second kappa shape index (κ2) is 11.2.